The minimum absolute atomic E-state index is 0.103. The van der Waals surface area contributed by atoms with Gasteiger partial charge in [0.1, 0.15) is 5.78 Å². The summed E-state index contributed by atoms with van der Waals surface area (Å²) < 4.78 is 0. The van der Waals surface area contributed by atoms with E-state index in [0.717, 1.165) is 25.8 Å². The Morgan fingerprint density at radius 3 is 2.54 bits per heavy atom. The molecule has 13 heavy (non-hydrogen) atoms. The molecule has 0 aliphatic carbocycles. The Bertz CT molecular complexity index is 213. The average Bonchev–Trinajstić information content (AvgIpc) is 2.03. The van der Waals surface area contributed by atoms with Gasteiger partial charge in [-0.3, -0.25) is 9.59 Å². The highest BCUT2D eigenvalue weighted by atomic mass is 16.2. The lowest BCUT2D eigenvalue weighted by Gasteiger charge is -2.34. The van der Waals surface area contributed by atoms with Gasteiger partial charge >= 0.3 is 0 Å². The molecule has 1 atom stereocenters. The molecule has 0 bridgehead atoms. The zero-order valence-electron chi connectivity index (χ0n) is 8.38. The molecule has 3 nitrogen and oxygen atoms in total. The van der Waals surface area contributed by atoms with Crippen molar-refractivity contribution in [1.82, 2.24) is 4.90 Å². The van der Waals surface area contributed by atoms with Gasteiger partial charge in [0.15, 0.2) is 0 Å². The van der Waals surface area contributed by atoms with Crippen molar-refractivity contribution in [2.75, 3.05) is 6.54 Å². The number of hydrogen-bond donors (Lipinski definition) is 0. The minimum Gasteiger partial charge on any atom is -0.340 e. The number of amides is 1. The Labute approximate surface area is 79.1 Å². The van der Waals surface area contributed by atoms with Crippen LogP contribution in [0.1, 0.15) is 39.5 Å². The van der Waals surface area contributed by atoms with Gasteiger partial charge in [-0.25, -0.2) is 0 Å². The fraction of sp³-hybridized carbons (Fsp3) is 0.800. The Morgan fingerprint density at radius 1 is 1.31 bits per heavy atom. The number of likely N-dealkylation sites (tertiary alicyclic amines) is 1. The first-order chi connectivity index (χ1) is 6.11. The Hall–Kier alpha value is -0.860. The molecule has 0 spiro atoms. The molecule has 0 N–H and O–H groups in total. The van der Waals surface area contributed by atoms with Crippen molar-refractivity contribution in [1.29, 1.82) is 0 Å². The third-order valence-corrected chi connectivity index (χ3v) is 2.55. The lowest BCUT2D eigenvalue weighted by Crippen LogP contribution is -2.43. The van der Waals surface area contributed by atoms with Gasteiger partial charge < -0.3 is 4.90 Å². The van der Waals surface area contributed by atoms with E-state index in [1.807, 2.05) is 4.90 Å². The number of piperidine rings is 1. The second-order valence-corrected chi connectivity index (χ2v) is 3.77. The summed E-state index contributed by atoms with van der Waals surface area (Å²) in [5.41, 5.74) is 0. The lowest BCUT2D eigenvalue weighted by molar-refractivity contribution is -0.133. The van der Waals surface area contributed by atoms with Crippen molar-refractivity contribution in [3.8, 4) is 0 Å². The van der Waals surface area contributed by atoms with Crippen LogP contribution in [0, 0.1) is 0 Å². The fourth-order valence-electron chi connectivity index (χ4n) is 1.96. The van der Waals surface area contributed by atoms with Gasteiger partial charge in [-0.15, -0.1) is 0 Å². The highest BCUT2D eigenvalue weighted by Crippen LogP contribution is 2.19. The number of ketones is 1. The predicted octanol–water partition coefficient (Wildman–Crippen LogP) is 1.37. The number of hydrogen-bond acceptors (Lipinski definition) is 2. The van der Waals surface area contributed by atoms with Gasteiger partial charge in [0.05, 0.1) is 0 Å². The van der Waals surface area contributed by atoms with Gasteiger partial charge in [0.2, 0.25) is 5.91 Å². The first-order valence-electron chi connectivity index (χ1n) is 4.88. The molecule has 3 heteroatoms. The molecule has 1 heterocycles. The topological polar surface area (TPSA) is 37.4 Å². The molecule has 0 aromatic heterocycles. The SMILES string of the molecule is CC(=O)C[C@H]1CCCCN1C(C)=O. The third-order valence-electron chi connectivity index (χ3n) is 2.55. The molecule has 0 saturated carbocycles. The Kier molecular flexibility index (Phi) is 3.46. The molecule has 0 radical (unpaired) electrons. The van der Waals surface area contributed by atoms with Crippen molar-refractivity contribution in [2.24, 2.45) is 0 Å². The molecule has 0 aromatic carbocycles. The van der Waals surface area contributed by atoms with E-state index in [1.54, 1.807) is 13.8 Å². The van der Waals surface area contributed by atoms with E-state index in [4.69, 9.17) is 0 Å². The molecule has 1 fully saturated rings. The van der Waals surface area contributed by atoms with E-state index in [9.17, 15) is 9.59 Å². The molecule has 1 amide bonds. The quantitative estimate of drug-likeness (QED) is 0.648. The number of carbonyl (C=O) groups is 2. The molecule has 1 aliphatic heterocycles. The Morgan fingerprint density at radius 2 is 2.00 bits per heavy atom. The lowest BCUT2D eigenvalue weighted by atomic mass is 9.98. The number of rotatable bonds is 2. The molecule has 0 aromatic rings. The van der Waals surface area contributed by atoms with Crippen molar-refractivity contribution < 1.29 is 9.59 Å². The fourth-order valence-corrected chi connectivity index (χ4v) is 1.96. The molecule has 74 valence electrons. The van der Waals surface area contributed by atoms with Crippen LogP contribution in [0.25, 0.3) is 0 Å². The Balaban J connectivity index is 2.56. The summed E-state index contributed by atoms with van der Waals surface area (Å²) >= 11 is 0. The summed E-state index contributed by atoms with van der Waals surface area (Å²) in [6.45, 7) is 4.00. The van der Waals surface area contributed by atoms with E-state index in [0.29, 0.717) is 6.42 Å². The van der Waals surface area contributed by atoms with Gasteiger partial charge in [-0.1, -0.05) is 0 Å². The van der Waals surface area contributed by atoms with Gasteiger partial charge in [-0.2, -0.15) is 0 Å². The van der Waals surface area contributed by atoms with Gasteiger partial charge in [0, 0.05) is 25.9 Å². The first kappa shape index (κ1) is 10.2. The van der Waals surface area contributed by atoms with Crippen molar-refractivity contribution in [3.05, 3.63) is 0 Å². The highest BCUT2D eigenvalue weighted by molar-refractivity contribution is 5.78. The van der Waals surface area contributed by atoms with Crippen LogP contribution < -0.4 is 0 Å². The summed E-state index contributed by atoms with van der Waals surface area (Å²) in [5, 5.41) is 0. The van der Waals surface area contributed by atoms with Gasteiger partial charge in [-0.05, 0) is 26.2 Å². The summed E-state index contributed by atoms with van der Waals surface area (Å²) in [6, 6.07) is 0.170. The molecule has 0 unspecified atom stereocenters. The third kappa shape index (κ3) is 2.83. The first-order valence-corrected chi connectivity index (χ1v) is 4.88. The second-order valence-electron chi connectivity index (χ2n) is 3.77. The van der Waals surface area contributed by atoms with E-state index in [2.05, 4.69) is 0 Å². The largest absolute Gasteiger partial charge is 0.340 e. The minimum atomic E-state index is 0.103. The van der Waals surface area contributed by atoms with Crippen LogP contribution in [0.3, 0.4) is 0 Å². The van der Waals surface area contributed by atoms with E-state index < -0.39 is 0 Å². The van der Waals surface area contributed by atoms with Crippen LogP contribution in [0.2, 0.25) is 0 Å². The van der Waals surface area contributed by atoms with Crippen LogP contribution in [0.15, 0.2) is 0 Å². The summed E-state index contributed by atoms with van der Waals surface area (Å²) in [7, 11) is 0. The van der Waals surface area contributed by atoms with Crippen molar-refractivity contribution in [3.63, 3.8) is 0 Å². The molecule has 1 rings (SSSR count). The molecular weight excluding hydrogens is 166 g/mol. The zero-order chi connectivity index (χ0) is 9.84. The molecular formula is C10H17NO2. The van der Waals surface area contributed by atoms with Crippen molar-refractivity contribution >= 4 is 11.7 Å². The van der Waals surface area contributed by atoms with E-state index >= 15 is 0 Å². The monoisotopic (exact) mass is 183 g/mol. The standard InChI is InChI=1S/C10H17NO2/c1-8(12)7-10-5-3-4-6-11(10)9(2)13/h10H,3-7H2,1-2H3/t10-/m1/s1. The van der Waals surface area contributed by atoms with Crippen LogP contribution in [-0.4, -0.2) is 29.2 Å². The maximum absolute atomic E-state index is 11.2. The number of carbonyl (C=O) groups excluding carboxylic acids is 2. The van der Waals surface area contributed by atoms with Crippen molar-refractivity contribution in [2.45, 2.75) is 45.6 Å². The van der Waals surface area contributed by atoms with Crippen LogP contribution >= 0.6 is 0 Å². The summed E-state index contributed by atoms with van der Waals surface area (Å²) in [6.07, 6.45) is 3.73. The number of Topliss-reactive ketones (excluding diaryl/α,β-unsaturated/α-hetero) is 1. The molecule has 1 saturated heterocycles. The van der Waals surface area contributed by atoms with Gasteiger partial charge in [0.25, 0.3) is 0 Å². The second kappa shape index (κ2) is 4.40. The van der Waals surface area contributed by atoms with Crippen LogP contribution in [0.5, 0.6) is 0 Å². The highest BCUT2D eigenvalue weighted by Gasteiger charge is 2.24. The molecule has 1 aliphatic rings. The average molecular weight is 183 g/mol. The predicted molar refractivity (Wildman–Crippen MR) is 50.3 cm³/mol. The maximum atomic E-state index is 11.2. The van der Waals surface area contributed by atoms with Crippen LogP contribution in [-0.2, 0) is 9.59 Å². The maximum Gasteiger partial charge on any atom is 0.219 e. The normalized spacial score (nSPS) is 22.9. The summed E-state index contributed by atoms with van der Waals surface area (Å²) in [4.78, 5) is 24.0. The summed E-state index contributed by atoms with van der Waals surface area (Å²) in [5.74, 6) is 0.282. The number of nitrogens with zero attached hydrogens (tertiary/aromatic N) is 1. The smallest absolute Gasteiger partial charge is 0.219 e. The zero-order valence-corrected chi connectivity index (χ0v) is 8.38. The van der Waals surface area contributed by atoms with E-state index in [-0.39, 0.29) is 17.7 Å². The van der Waals surface area contributed by atoms with Crippen LogP contribution in [0.4, 0.5) is 0 Å². The van der Waals surface area contributed by atoms with E-state index in [1.165, 1.54) is 0 Å².